The van der Waals surface area contributed by atoms with E-state index in [1.807, 2.05) is 79.5 Å². The highest BCUT2D eigenvalue weighted by Gasteiger charge is 2.32. The highest BCUT2D eigenvalue weighted by molar-refractivity contribution is 7.21. The monoisotopic (exact) mass is 557 g/mol. The van der Waals surface area contributed by atoms with Crippen LogP contribution in [-0.4, -0.2) is 36.5 Å². The highest BCUT2D eigenvalue weighted by atomic mass is 35.5. The average Bonchev–Trinajstić information content (AvgIpc) is 3.33. The van der Waals surface area contributed by atoms with Crippen LogP contribution in [0.5, 0.6) is 5.75 Å². The lowest BCUT2D eigenvalue weighted by molar-refractivity contribution is 0.0604. The van der Waals surface area contributed by atoms with Crippen molar-refractivity contribution in [3.63, 3.8) is 0 Å². The second kappa shape index (κ2) is 12.2. The van der Waals surface area contributed by atoms with E-state index in [-0.39, 0.29) is 11.9 Å². The molecule has 1 aromatic heterocycles. The number of carbonyl (C=O) groups is 1. The van der Waals surface area contributed by atoms with Crippen molar-refractivity contribution in [3.8, 4) is 16.9 Å². The molecule has 39 heavy (non-hydrogen) atoms. The zero-order valence-corrected chi connectivity index (χ0v) is 23.8. The fourth-order valence-corrected chi connectivity index (χ4v) is 6.88. The van der Waals surface area contributed by atoms with Crippen LogP contribution in [0, 0.1) is 6.57 Å². The number of benzene rings is 3. The maximum atomic E-state index is 14.3. The number of hydrogen-bond donors (Lipinski definition) is 1. The fraction of sp³-hybridized carbons (Fsp3) is 0.312. The van der Waals surface area contributed by atoms with Crippen molar-refractivity contribution in [3.05, 3.63) is 93.6 Å². The Morgan fingerprint density at radius 2 is 1.79 bits per heavy atom. The third-order valence-electron chi connectivity index (χ3n) is 7.57. The molecule has 1 saturated carbocycles. The van der Waals surface area contributed by atoms with Crippen LogP contribution in [0.2, 0.25) is 5.02 Å². The van der Waals surface area contributed by atoms with Crippen LogP contribution >= 0.6 is 22.9 Å². The van der Waals surface area contributed by atoms with E-state index in [1.54, 1.807) is 0 Å². The fourth-order valence-electron chi connectivity index (χ4n) is 5.42. The smallest absolute Gasteiger partial charge is 0.266 e. The van der Waals surface area contributed by atoms with Gasteiger partial charge in [0.2, 0.25) is 0 Å². The van der Waals surface area contributed by atoms with Crippen LogP contribution in [0.25, 0.3) is 26.1 Å². The van der Waals surface area contributed by atoms with Gasteiger partial charge in [-0.15, -0.1) is 11.3 Å². The van der Waals surface area contributed by atoms with Crippen molar-refractivity contribution in [2.75, 3.05) is 13.7 Å². The van der Waals surface area contributed by atoms with E-state index < -0.39 is 0 Å². The molecule has 1 heterocycles. The molecule has 5 nitrogen and oxygen atoms in total. The van der Waals surface area contributed by atoms with Crippen molar-refractivity contribution >= 4 is 44.6 Å². The number of nitrogens with zero attached hydrogens (tertiary/aromatic N) is 2. The maximum absolute atomic E-state index is 14.3. The van der Waals surface area contributed by atoms with Gasteiger partial charge in [0.1, 0.15) is 10.6 Å². The Labute approximate surface area is 239 Å². The highest BCUT2D eigenvalue weighted by Crippen LogP contribution is 2.38. The Morgan fingerprint density at radius 1 is 1.08 bits per heavy atom. The Kier molecular flexibility index (Phi) is 8.52. The molecule has 7 heteroatoms. The summed E-state index contributed by atoms with van der Waals surface area (Å²) in [5.41, 5.74) is 3.62. The van der Waals surface area contributed by atoms with E-state index in [9.17, 15) is 4.79 Å². The summed E-state index contributed by atoms with van der Waals surface area (Å²) in [4.78, 5) is 20.4. The molecule has 1 amide bonds. The molecule has 3 aromatic carbocycles. The van der Waals surface area contributed by atoms with Crippen molar-refractivity contribution in [2.45, 2.75) is 51.2 Å². The first-order valence-electron chi connectivity index (χ1n) is 13.4. The van der Waals surface area contributed by atoms with Crippen LogP contribution in [0.4, 0.5) is 5.69 Å². The van der Waals surface area contributed by atoms with Gasteiger partial charge in [0.15, 0.2) is 5.69 Å². The summed E-state index contributed by atoms with van der Waals surface area (Å²) in [7, 11) is 2.01. The topological polar surface area (TPSA) is 45.9 Å². The molecule has 1 aliphatic carbocycles. The van der Waals surface area contributed by atoms with Gasteiger partial charge in [-0.25, -0.2) is 4.85 Å². The maximum Gasteiger partial charge on any atom is 0.266 e. The van der Waals surface area contributed by atoms with Gasteiger partial charge < -0.3 is 15.0 Å². The first-order valence-corrected chi connectivity index (χ1v) is 14.6. The third kappa shape index (κ3) is 5.81. The van der Waals surface area contributed by atoms with E-state index >= 15 is 0 Å². The van der Waals surface area contributed by atoms with Gasteiger partial charge in [0, 0.05) is 34.3 Å². The number of halogens is 1. The first kappa shape index (κ1) is 27.2. The molecule has 0 atom stereocenters. The number of thiophene rings is 1. The summed E-state index contributed by atoms with van der Waals surface area (Å²) in [5.74, 6) is 0.756. The number of ether oxygens (including phenoxy) is 1. The van der Waals surface area contributed by atoms with Gasteiger partial charge in [-0.1, -0.05) is 60.1 Å². The lowest BCUT2D eigenvalue weighted by Gasteiger charge is -2.37. The summed E-state index contributed by atoms with van der Waals surface area (Å²) >= 11 is 8.27. The minimum atomic E-state index is -0.0247. The molecule has 1 fully saturated rings. The summed E-state index contributed by atoms with van der Waals surface area (Å²) in [6.07, 6.45) is 3.91. The van der Waals surface area contributed by atoms with E-state index in [2.05, 4.69) is 16.2 Å². The predicted molar refractivity (Wildman–Crippen MR) is 161 cm³/mol. The lowest BCUT2D eigenvalue weighted by atomic mass is 9.89. The number of amides is 1. The molecule has 0 bridgehead atoms. The summed E-state index contributed by atoms with van der Waals surface area (Å²) in [5, 5.41) is 4.86. The molecule has 4 aromatic rings. The molecule has 1 aliphatic rings. The minimum absolute atomic E-state index is 0.0247. The second-order valence-electron chi connectivity index (χ2n) is 9.88. The van der Waals surface area contributed by atoms with Crippen LogP contribution < -0.4 is 10.1 Å². The Balaban J connectivity index is 1.53. The molecular weight excluding hydrogens is 526 g/mol. The van der Waals surface area contributed by atoms with Crippen molar-refractivity contribution in [2.24, 2.45) is 0 Å². The predicted octanol–water partition coefficient (Wildman–Crippen LogP) is 8.34. The van der Waals surface area contributed by atoms with E-state index in [4.69, 9.17) is 22.9 Å². The van der Waals surface area contributed by atoms with E-state index in [0.717, 1.165) is 58.2 Å². The number of hydrogen-bond acceptors (Lipinski definition) is 4. The molecule has 0 spiro atoms. The molecular formula is C32H32ClN3O2S. The first-order chi connectivity index (χ1) is 19.0. The summed E-state index contributed by atoms with van der Waals surface area (Å²) in [6, 6.07) is 22.2. The van der Waals surface area contributed by atoms with E-state index in [1.165, 1.54) is 11.3 Å². The largest absolute Gasteiger partial charge is 0.494 e. The quantitative estimate of drug-likeness (QED) is 0.221. The molecule has 0 aliphatic heterocycles. The van der Waals surface area contributed by atoms with Crippen LogP contribution in [0.3, 0.4) is 0 Å². The molecule has 0 radical (unpaired) electrons. The molecule has 5 rings (SSSR count). The van der Waals surface area contributed by atoms with Crippen LogP contribution in [0.1, 0.15) is 47.8 Å². The lowest BCUT2D eigenvalue weighted by Crippen LogP contribution is -2.44. The van der Waals surface area contributed by atoms with Gasteiger partial charge in [0.25, 0.3) is 5.91 Å². The number of rotatable bonds is 8. The normalized spacial score (nSPS) is 17.1. The van der Waals surface area contributed by atoms with Crippen molar-refractivity contribution < 1.29 is 9.53 Å². The standard InChI is InChI=1S/C32H32ClN3O2S/c1-4-38-28-18-11-22(21-9-12-24(34-2)13-10-21)19-23(28)20-36(26-16-14-25(35-3)15-17-26)32(37)31-30(33)27-7-5-6-8-29(27)39-31/h5-13,18-19,25-26,35H,4,14-17,20H2,1,3H3. The van der Waals surface area contributed by atoms with Crippen molar-refractivity contribution in [1.82, 2.24) is 10.2 Å². The Morgan fingerprint density at radius 3 is 2.46 bits per heavy atom. The second-order valence-corrected chi connectivity index (χ2v) is 11.3. The third-order valence-corrected chi connectivity index (χ3v) is 9.23. The van der Waals surface area contributed by atoms with Gasteiger partial charge in [-0.05, 0) is 69.0 Å². The van der Waals surface area contributed by atoms with Gasteiger partial charge >= 0.3 is 0 Å². The van der Waals surface area contributed by atoms with Gasteiger partial charge in [0.05, 0.1) is 18.2 Å². The summed E-state index contributed by atoms with van der Waals surface area (Å²) < 4.78 is 7.05. The van der Waals surface area contributed by atoms with Crippen LogP contribution in [0.15, 0.2) is 66.7 Å². The molecule has 1 N–H and O–H groups in total. The average molecular weight is 558 g/mol. The van der Waals surface area contributed by atoms with Crippen molar-refractivity contribution in [1.29, 1.82) is 0 Å². The van der Waals surface area contributed by atoms with Crippen LogP contribution in [-0.2, 0) is 6.54 Å². The number of fused-ring (bicyclic) bond motifs is 1. The van der Waals surface area contributed by atoms with Gasteiger partial charge in [-0.2, -0.15) is 0 Å². The molecule has 0 saturated heterocycles. The zero-order chi connectivity index (χ0) is 27.4. The molecule has 0 unspecified atom stereocenters. The molecule has 200 valence electrons. The van der Waals surface area contributed by atoms with E-state index in [0.29, 0.717) is 34.8 Å². The zero-order valence-electron chi connectivity index (χ0n) is 22.2. The summed E-state index contributed by atoms with van der Waals surface area (Å²) in [6.45, 7) is 10.2. The Hall–Kier alpha value is -3.37. The number of carbonyl (C=O) groups excluding carboxylic acids is 1. The SMILES string of the molecule is [C-]#[N+]c1ccc(-c2ccc(OCC)c(CN(C(=O)c3sc4ccccc4c3Cl)C3CCC(NC)CC3)c2)cc1. The number of nitrogens with one attached hydrogen (secondary N) is 1. The minimum Gasteiger partial charge on any atom is -0.494 e. The van der Waals surface area contributed by atoms with Gasteiger partial charge in [-0.3, -0.25) is 4.79 Å². The Bertz CT molecular complexity index is 1500.